The molecule has 22 heavy (non-hydrogen) atoms. The number of hydrogen-bond acceptors (Lipinski definition) is 4. The summed E-state index contributed by atoms with van der Waals surface area (Å²) < 4.78 is 1.59. The molecular weight excluding hydrogens is 304 g/mol. The van der Waals surface area contributed by atoms with Crippen LogP contribution in [0.4, 0.5) is 5.82 Å². The molecule has 1 amide bonds. The van der Waals surface area contributed by atoms with Crippen LogP contribution in [0.3, 0.4) is 0 Å². The van der Waals surface area contributed by atoms with E-state index in [2.05, 4.69) is 20.6 Å². The zero-order chi connectivity index (χ0) is 15.7. The van der Waals surface area contributed by atoms with Gasteiger partial charge in [0, 0.05) is 18.1 Å². The molecule has 2 heterocycles. The number of halogens is 1. The highest BCUT2D eigenvalue weighted by atomic mass is 35.5. The molecule has 2 aromatic heterocycles. The summed E-state index contributed by atoms with van der Waals surface area (Å²) in [6.07, 6.45) is 1.40. The molecule has 112 valence electrons. The smallest absolute Gasteiger partial charge is 0.279 e. The second kappa shape index (κ2) is 5.61. The molecule has 0 unspecified atom stereocenters. The van der Waals surface area contributed by atoms with Crippen LogP contribution in [0.1, 0.15) is 16.2 Å². The molecule has 8 heteroatoms. The number of carbonyl (C=O) groups excluding carboxylic acids is 1. The predicted octanol–water partition coefficient (Wildman–Crippen LogP) is 2.21. The van der Waals surface area contributed by atoms with Crippen molar-refractivity contribution in [1.29, 1.82) is 0 Å². The highest BCUT2D eigenvalue weighted by Gasteiger charge is 2.14. The van der Waals surface area contributed by atoms with E-state index in [9.17, 15) is 4.79 Å². The molecule has 7 nitrogen and oxygen atoms in total. The number of nitrogens with one attached hydrogen (secondary N) is 1. The lowest BCUT2D eigenvalue weighted by molar-refractivity contribution is 0.102. The summed E-state index contributed by atoms with van der Waals surface area (Å²) in [6, 6.07) is 8.84. The molecular formula is C14H13ClN6O. The van der Waals surface area contributed by atoms with Crippen molar-refractivity contribution in [2.45, 2.75) is 6.92 Å². The lowest BCUT2D eigenvalue weighted by atomic mass is 10.3. The largest absolute Gasteiger partial charge is 0.305 e. The molecule has 3 aromatic rings. The van der Waals surface area contributed by atoms with Gasteiger partial charge in [-0.2, -0.15) is 15.0 Å². The normalized spacial score (nSPS) is 10.7. The van der Waals surface area contributed by atoms with Gasteiger partial charge in [0.2, 0.25) is 0 Å². The summed E-state index contributed by atoms with van der Waals surface area (Å²) in [5.41, 5.74) is 1.71. The molecule has 0 aliphatic rings. The first-order chi connectivity index (χ1) is 10.5. The maximum atomic E-state index is 12.2. The fraction of sp³-hybridized carbons (Fsp3) is 0.143. The minimum absolute atomic E-state index is 0.207. The molecule has 0 radical (unpaired) electrons. The number of anilines is 1. The Morgan fingerprint density at radius 1 is 1.27 bits per heavy atom. The van der Waals surface area contributed by atoms with Crippen molar-refractivity contribution in [2.75, 3.05) is 5.32 Å². The summed E-state index contributed by atoms with van der Waals surface area (Å²) in [6.45, 7) is 1.85. The van der Waals surface area contributed by atoms with Gasteiger partial charge in [0.05, 0.1) is 17.6 Å². The van der Waals surface area contributed by atoms with Gasteiger partial charge in [-0.1, -0.05) is 17.7 Å². The van der Waals surface area contributed by atoms with Crippen LogP contribution in [0.15, 0.2) is 36.5 Å². The Kier molecular flexibility index (Phi) is 3.64. The van der Waals surface area contributed by atoms with E-state index in [1.54, 1.807) is 42.1 Å². The van der Waals surface area contributed by atoms with Crippen molar-refractivity contribution < 1.29 is 4.79 Å². The number of carbonyl (C=O) groups is 1. The Bertz CT molecular complexity index is 837. The third-order valence-corrected chi connectivity index (χ3v) is 3.24. The highest BCUT2D eigenvalue weighted by Crippen LogP contribution is 2.14. The number of rotatable bonds is 3. The topological polar surface area (TPSA) is 77.6 Å². The van der Waals surface area contributed by atoms with Crippen molar-refractivity contribution in [3.63, 3.8) is 0 Å². The molecule has 0 fully saturated rings. The summed E-state index contributed by atoms with van der Waals surface area (Å²) in [7, 11) is 1.76. The Morgan fingerprint density at radius 3 is 2.77 bits per heavy atom. The fourth-order valence-corrected chi connectivity index (χ4v) is 2.18. The van der Waals surface area contributed by atoms with Gasteiger partial charge in [-0.05, 0) is 25.1 Å². The molecule has 0 bridgehead atoms. The fourth-order valence-electron chi connectivity index (χ4n) is 2.00. The minimum Gasteiger partial charge on any atom is -0.305 e. The number of nitrogens with zero attached hydrogens (tertiary/aromatic N) is 5. The third-order valence-electron chi connectivity index (χ3n) is 3.01. The van der Waals surface area contributed by atoms with Crippen LogP contribution in [0, 0.1) is 6.92 Å². The van der Waals surface area contributed by atoms with Crippen LogP contribution in [0.25, 0.3) is 5.69 Å². The summed E-state index contributed by atoms with van der Waals surface area (Å²) >= 11 is 5.93. The van der Waals surface area contributed by atoms with E-state index in [1.807, 2.05) is 6.92 Å². The van der Waals surface area contributed by atoms with Crippen LogP contribution in [-0.2, 0) is 7.05 Å². The van der Waals surface area contributed by atoms with Crippen LogP contribution in [-0.4, -0.2) is 30.7 Å². The van der Waals surface area contributed by atoms with E-state index in [4.69, 9.17) is 11.6 Å². The van der Waals surface area contributed by atoms with Crippen molar-refractivity contribution in [2.24, 2.45) is 7.05 Å². The highest BCUT2D eigenvalue weighted by molar-refractivity contribution is 6.30. The zero-order valence-corrected chi connectivity index (χ0v) is 12.7. The SMILES string of the molecule is Cc1cc(NC(=O)c2cnn(-c3cccc(Cl)c3)n2)n(C)n1. The summed E-state index contributed by atoms with van der Waals surface area (Å²) in [5.74, 6) is 0.246. The van der Waals surface area contributed by atoms with Gasteiger partial charge in [-0.25, -0.2) is 0 Å². The average Bonchev–Trinajstić information content (AvgIpc) is 3.06. The monoisotopic (exact) mass is 316 g/mol. The van der Waals surface area contributed by atoms with Gasteiger partial charge >= 0.3 is 0 Å². The van der Waals surface area contributed by atoms with Crippen LogP contribution in [0.5, 0.6) is 0 Å². The average molecular weight is 317 g/mol. The second-order valence-electron chi connectivity index (χ2n) is 4.75. The molecule has 1 aromatic carbocycles. The van der Waals surface area contributed by atoms with Crippen LogP contribution in [0.2, 0.25) is 5.02 Å². The Morgan fingerprint density at radius 2 is 2.09 bits per heavy atom. The second-order valence-corrected chi connectivity index (χ2v) is 5.18. The van der Waals surface area contributed by atoms with Gasteiger partial charge in [-0.3, -0.25) is 9.48 Å². The molecule has 1 N–H and O–H groups in total. The van der Waals surface area contributed by atoms with Crippen molar-refractivity contribution in [3.8, 4) is 5.69 Å². The van der Waals surface area contributed by atoms with E-state index in [0.717, 1.165) is 5.69 Å². The van der Waals surface area contributed by atoms with Crippen molar-refractivity contribution in [3.05, 3.63) is 52.9 Å². The lowest BCUT2D eigenvalue weighted by Gasteiger charge is -2.02. The van der Waals surface area contributed by atoms with E-state index in [1.165, 1.54) is 11.0 Å². The van der Waals surface area contributed by atoms with Crippen molar-refractivity contribution in [1.82, 2.24) is 24.8 Å². The zero-order valence-electron chi connectivity index (χ0n) is 12.0. The first-order valence-electron chi connectivity index (χ1n) is 6.53. The van der Waals surface area contributed by atoms with Gasteiger partial charge in [0.25, 0.3) is 5.91 Å². The van der Waals surface area contributed by atoms with Gasteiger partial charge in [0.15, 0.2) is 5.69 Å². The number of amides is 1. The molecule has 0 atom stereocenters. The molecule has 3 rings (SSSR count). The van der Waals surface area contributed by atoms with Gasteiger partial charge < -0.3 is 5.32 Å². The number of aromatic nitrogens is 5. The Balaban J connectivity index is 1.81. The first kappa shape index (κ1) is 14.3. The lowest BCUT2D eigenvalue weighted by Crippen LogP contribution is -2.15. The van der Waals surface area contributed by atoms with Crippen LogP contribution >= 0.6 is 11.6 Å². The van der Waals surface area contributed by atoms with Crippen LogP contribution < -0.4 is 5.32 Å². The van der Waals surface area contributed by atoms with E-state index >= 15 is 0 Å². The minimum atomic E-state index is -0.351. The first-order valence-corrected chi connectivity index (χ1v) is 6.91. The van der Waals surface area contributed by atoms with Gasteiger partial charge in [-0.15, -0.1) is 5.10 Å². The molecule has 0 saturated carbocycles. The quantitative estimate of drug-likeness (QED) is 0.803. The van der Waals surface area contributed by atoms with E-state index in [0.29, 0.717) is 16.5 Å². The van der Waals surface area contributed by atoms with E-state index < -0.39 is 0 Å². The summed E-state index contributed by atoms with van der Waals surface area (Å²) in [5, 5.41) is 15.7. The number of hydrogen-bond donors (Lipinski definition) is 1. The van der Waals surface area contributed by atoms with E-state index in [-0.39, 0.29) is 11.6 Å². The Hall–Kier alpha value is -2.67. The Labute approximate surface area is 131 Å². The maximum absolute atomic E-state index is 12.2. The molecule has 0 spiro atoms. The maximum Gasteiger partial charge on any atom is 0.279 e. The molecule has 0 saturated heterocycles. The third kappa shape index (κ3) is 2.84. The predicted molar refractivity (Wildman–Crippen MR) is 82.3 cm³/mol. The van der Waals surface area contributed by atoms with Crippen molar-refractivity contribution >= 4 is 23.3 Å². The molecule has 0 aliphatic carbocycles. The standard InChI is InChI=1S/C14H13ClN6O/c1-9-6-13(20(2)18-9)17-14(22)12-8-16-21(19-12)11-5-3-4-10(15)7-11/h3-8H,1-2H3,(H,17,22). The van der Waals surface area contributed by atoms with Gasteiger partial charge in [0.1, 0.15) is 5.82 Å². The number of benzene rings is 1. The molecule has 0 aliphatic heterocycles. The summed E-state index contributed by atoms with van der Waals surface area (Å²) in [4.78, 5) is 13.5. The number of aryl methyl sites for hydroxylation is 2.